The summed E-state index contributed by atoms with van der Waals surface area (Å²) >= 11 is 0. The average Bonchev–Trinajstić information content (AvgIpc) is 3.92. The van der Waals surface area contributed by atoms with Crippen LogP contribution in [0.2, 0.25) is 0 Å². The molecule has 0 saturated heterocycles. The Morgan fingerprint density at radius 3 is 1.53 bits per heavy atom. The number of furan rings is 1. The van der Waals surface area contributed by atoms with Crippen LogP contribution in [0.15, 0.2) is 181 Å². The maximum atomic E-state index is 6.98. The smallest absolute Gasteiger partial charge is 0.453 e. The summed E-state index contributed by atoms with van der Waals surface area (Å²) in [5, 5.41) is 8.81. The van der Waals surface area contributed by atoms with E-state index in [1.807, 2.05) is 48.8 Å². The van der Waals surface area contributed by atoms with Gasteiger partial charge in [0.25, 0.3) is 0 Å². The molecule has 6 nitrogen and oxygen atoms in total. The second-order valence-corrected chi connectivity index (χ2v) is 14.0. The molecule has 0 saturated carbocycles. The van der Waals surface area contributed by atoms with Gasteiger partial charge in [-0.15, -0.1) is 35.0 Å². The number of benzene rings is 7. The summed E-state index contributed by atoms with van der Waals surface area (Å²) in [6.07, 6.45) is 3.67. The fourth-order valence-electron chi connectivity index (χ4n) is 8.55. The van der Waals surface area contributed by atoms with Gasteiger partial charge in [0.2, 0.25) is 0 Å². The van der Waals surface area contributed by atoms with Gasteiger partial charge in [0.1, 0.15) is 17.2 Å². The van der Waals surface area contributed by atoms with Crippen LogP contribution in [0.3, 0.4) is 0 Å². The maximum Gasteiger partial charge on any atom is 2.00 e. The van der Waals surface area contributed by atoms with E-state index in [4.69, 9.17) is 14.4 Å². The van der Waals surface area contributed by atoms with E-state index in [1.165, 1.54) is 0 Å². The fraction of sp³-hybridized carbons (Fsp3) is 0. The first kappa shape index (κ1) is 33.3. The Morgan fingerprint density at radius 2 is 0.930 bits per heavy atom. The van der Waals surface area contributed by atoms with E-state index in [1.54, 1.807) is 0 Å². The Labute approximate surface area is 341 Å². The van der Waals surface area contributed by atoms with Crippen LogP contribution >= 0.6 is 0 Å². The standard InChI is InChI=1S/C50H29N5O.Pt/c1-2-13-35-32(12-1)22-25-41-40-16-11-19-44(50(40)56-49(35)41)53(33-23-26-38-36-14-3-5-17-42(36)54(45(38)30-33)47-20-7-9-28-51-47)34-24-27-39-37-15-4-6-18-43(37)55(46(39)31-34)48-21-8-10-29-52-48;/h1-29H;/q-2;+2. The number of pyridine rings is 2. The van der Waals surface area contributed by atoms with Crippen molar-refractivity contribution in [2.45, 2.75) is 0 Å². The molecule has 7 heteroatoms. The summed E-state index contributed by atoms with van der Waals surface area (Å²) in [5.74, 6) is 1.66. The average molecular weight is 911 g/mol. The van der Waals surface area contributed by atoms with Crippen LogP contribution in [0.4, 0.5) is 17.1 Å². The molecule has 12 aromatic rings. The van der Waals surface area contributed by atoms with Gasteiger partial charge in [-0.3, -0.25) is 0 Å². The second-order valence-electron chi connectivity index (χ2n) is 14.0. The van der Waals surface area contributed by atoms with Gasteiger partial charge >= 0.3 is 21.1 Å². The minimum Gasteiger partial charge on any atom is -0.453 e. The molecule has 0 spiro atoms. The molecule has 0 N–H and O–H groups in total. The van der Waals surface area contributed by atoms with Crippen LogP contribution in [0.25, 0.3) is 88.0 Å². The third-order valence-corrected chi connectivity index (χ3v) is 11.0. The first-order valence-corrected chi connectivity index (χ1v) is 18.7. The number of aromatic nitrogens is 4. The molecule has 0 aliphatic rings. The second kappa shape index (κ2) is 13.0. The van der Waals surface area contributed by atoms with Crippen molar-refractivity contribution in [3.05, 3.63) is 188 Å². The molecule has 0 bridgehead atoms. The van der Waals surface area contributed by atoms with Crippen molar-refractivity contribution in [2.75, 3.05) is 4.90 Å². The molecule has 57 heavy (non-hydrogen) atoms. The minimum absolute atomic E-state index is 0. The summed E-state index contributed by atoms with van der Waals surface area (Å²) in [5.41, 5.74) is 8.22. The first-order chi connectivity index (χ1) is 27.8. The van der Waals surface area contributed by atoms with Crippen LogP contribution in [0.1, 0.15) is 0 Å². The fourth-order valence-corrected chi connectivity index (χ4v) is 8.55. The zero-order chi connectivity index (χ0) is 36.7. The van der Waals surface area contributed by atoms with Crippen LogP contribution in [-0.2, 0) is 21.1 Å². The van der Waals surface area contributed by atoms with Crippen LogP contribution < -0.4 is 4.90 Å². The molecule has 0 atom stereocenters. The monoisotopic (exact) mass is 910 g/mol. The van der Waals surface area contributed by atoms with Gasteiger partial charge in [0.15, 0.2) is 5.58 Å². The number of hydrogen-bond donors (Lipinski definition) is 0. The number of para-hydroxylation sites is 3. The molecule has 270 valence electrons. The van der Waals surface area contributed by atoms with Gasteiger partial charge < -0.3 is 18.5 Å². The van der Waals surface area contributed by atoms with Crippen molar-refractivity contribution < 1.29 is 25.5 Å². The number of fused-ring (bicyclic) bond motifs is 11. The molecule has 5 aromatic heterocycles. The van der Waals surface area contributed by atoms with E-state index in [-0.39, 0.29) is 21.1 Å². The molecule has 5 heterocycles. The summed E-state index contributed by atoms with van der Waals surface area (Å²) in [6, 6.07) is 64.6. The quantitative estimate of drug-likeness (QED) is 0.161. The number of anilines is 3. The Bertz CT molecular complexity index is 3340. The van der Waals surface area contributed by atoms with Crippen molar-refractivity contribution in [1.82, 2.24) is 19.1 Å². The maximum absolute atomic E-state index is 6.98. The van der Waals surface area contributed by atoms with E-state index >= 15 is 0 Å². The Hall–Kier alpha value is -7.01. The van der Waals surface area contributed by atoms with Gasteiger partial charge in [0, 0.05) is 39.6 Å². The number of hydrogen-bond acceptors (Lipinski definition) is 4. The summed E-state index contributed by atoms with van der Waals surface area (Å²) in [4.78, 5) is 11.8. The van der Waals surface area contributed by atoms with E-state index in [0.29, 0.717) is 0 Å². The molecule has 0 unspecified atom stereocenters. The SMILES string of the molecule is [Pt+2].[c-]1c(N(c2[c-]c3c(cc2)c2ccccc2n3-c2ccccn2)c2cccc3c2oc2c4ccccc4ccc32)ccc2c3ccccc3n(-c3ccccn3)c12. The molecule has 0 aliphatic carbocycles. The zero-order valence-electron chi connectivity index (χ0n) is 30.2. The topological polar surface area (TPSA) is 52.0 Å². The number of nitrogens with zero attached hydrogens (tertiary/aromatic N) is 5. The van der Waals surface area contributed by atoms with Crippen LogP contribution in [0, 0.1) is 12.1 Å². The summed E-state index contributed by atoms with van der Waals surface area (Å²) in [7, 11) is 0. The van der Waals surface area contributed by atoms with Crippen LogP contribution in [-0.4, -0.2) is 19.1 Å². The third kappa shape index (κ3) is 5.01. The molecule has 12 rings (SSSR count). The van der Waals surface area contributed by atoms with Crippen LogP contribution in [0.5, 0.6) is 0 Å². The van der Waals surface area contributed by atoms with Crippen molar-refractivity contribution in [1.29, 1.82) is 0 Å². The predicted octanol–water partition coefficient (Wildman–Crippen LogP) is 12.8. The van der Waals surface area contributed by atoms with Crippen molar-refractivity contribution in [3.8, 4) is 11.6 Å². The Balaban J connectivity index is 0.00000374. The summed E-state index contributed by atoms with van der Waals surface area (Å²) < 4.78 is 11.4. The van der Waals surface area contributed by atoms with E-state index < -0.39 is 0 Å². The van der Waals surface area contributed by atoms with Crippen molar-refractivity contribution in [3.63, 3.8) is 0 Å². The molecular weight excluding hydrogens is 882 g/mol. The zero-order valence-corrected chi connectivity index (χ0v) is 32.5. The van der Waals surface area contributed by atoms with E-state index in [2.05, 4.69) is 154 Å². The number of rotatable bonds is 5. The molecular formula is C50H29N5OPt. The van der Waals surface area contributed by atoms with Gasteiger partial charge in [-0.1, -0.05) is 113 Å². The van der Waals surface area contributed by atoms with Gasteiger partial charge in [-0.25, -0.2) is 9.97 Å². The normalized spacial score (nSPS) is 11.7. The molecule has 7 aromatic carbocycles. The predicted molar refractivity (Wildman–Crippen MR) is 228 cm³/mol. The first-order valence-electron chi connectivity index (χ1n) is 18.7. The molecule has 0 fully saturated rings. The minimum atomic E-state index is 0. The van der Waals surface area contributed by atoms with Crippen molar-refractivity contribution in [2.24, 2.45) is 0 Å². The van der Waals surface area contributed by atoms with Gasteiger partial charge in [-0.05, 0) is 64.7 Å². The Kier molecular flexibility index (Phi) is 7.63. The molecule has 0 aliphatic heterocycles. The largest absolute Gasteiger partial charge is 2.00 e. The van der Waals surface area contributed by atoms with Gasteiger partial charge in [0.05, 0.1) is 5.69 Å². The Morgan fingerprint density at radius 1 is 0.421 bits per heavy atom. The van der Waals surface area contributed by atoms with E-state index in [0.717, 1.165) is 105 Å². The molecule has 0 radical (unpaired) electrons. The summed E-state index contributed by atoms with van der Waals surface area (Å²) in [6.45, 7) is 0. The van der Waals surface area contributed by atoms with E-state index in [9.17, 15) is 0 Å². The molecule has 0 amide bonds. The van der Waals surface area contributed by atoms with Gasteiger partial charge in [-0.2, -0.15) is 12.1 Å². The van der Waals surface area contributed by atoms with Crippen molar-refractivity contribution >= 4 is 93.4 Å². The third-order valence-electron chi connectivity index (χ3n) is 11.0.